The van der Waals surface area contributed by atoms with E-state index in [1.54, 1.807) is 42.1 Å². The zero-order valence-electron chi connectivity index (χ0n) is 22.5. The van der Waals surface area contributed by atoms with Gasteiger partial charge in [-0.1, -0.05) is 12.0 Å². The number of likely N-dealkylation sites (N-methyl/N-ethyl adjacent to an activating group) is 1. The summed E-state index contributed by atoms with van der Waals surface area (Å²) in [4.78, 5) is 25.2. The van der Waals surface area contributed by atoms with Crippen molar-refractivity contribution in [3.05, 3.63) is 83.4 Å². The monoisotopic (exact) mass is 563 g/mol. The smallest absolute Gasteiger partial charge is 0.416 e. The Morgan fingerprint density at radius 3 is 2.59 bits per heavy atom. The van der Waals surface area contributed by atoms with Crippen LogP contribution in [0.15, 0.2) is 61.1 Å². The van der Waals surface area contributed by atoms with Gasteiger partial charge in [0.1, 0.15) is 22.9 Å². The highest BCUT2D eigenvalue weighted by Gasteiger charge is 2.34. The molecule has 4 aromatic rings. The van der Waals surface area contributed by atoms with Gasteiger partial charge < -0.3 is 15.0 Å². The molecule has 4 heterocycles. The van der Waals surface area contributed by atoms with Gasteiger partial charge in [-0.15, -0.1) is 0 Å². The Labute approximate surface area is 235 Å². The van der Waals surface area contributed by atoms with E-state index in [-0.39, 0.29) is 23.6 Å². The number of rotatable bonds is 5. The number of carbonyl (C=O) groups is 1. The van der Waals surface area contributed by atoms with Crippen molar-refractivity contribution >= 4 is 23.2 Å². The fraction of sp³-hybridized carbons (Fsp3) is 0.276. The molecule has 1 aromatic carbocycles. The van der Waals surface area contributed by atoms with Crippen molar-refractivity contribution < 1.29 is 22.7 Å². The Hall–Kier alpha value is -4.60. The number of urea groups is 1. The topological polar surface area (TPSA) is 87.0 Å². The summed E-state index contributed by atoms with van der Waals surface area (Å²) < 4.78 is 48.7. The molecule has 12 heteroatoms. The third-order valence-corrected chi connectivity index (χ3v) is 6.71. The fourth-order valence-corrected chi connectivity index (χ4v) is 4.47. The molecule has 0 saturated carbocycles. The average Bonchev–Trinajstić information content (AvgIpc) is 3.35. The molecule has 0 aliphatic carbocycles. The third-order valence-electron chi connectivity index (χ3n) is 6.71. The molecule has 1 fully saturated rings. The minimum atomic E-state index is -4.56. The van der Waals surface area contributed by atoms with Crippen LogP contribution in [0.1, 0.15) is 22.4 Å². The van der Waals surface area contributed by atoms with Crippen LogP contribution in [0.4, 0.5) is 29.5 Å². The van der Waals surface area contributed by atoms with E-state index in [1.165, 1.54) is 18.3 Å². The van der Waals surface area contributed by atoms with Crippen LogP contribution in [0.2, 0.25) is 0 Å². The number of hydrogen-bond donors (Lipinski definition) is 2. The first-order valence-corrected chi connectivity index (χ1v) is 12.9. The number of halogens is 3. The Balaban J connectivity index is 1.26. The van der Waals surface area contributed by atoms with Gasteiger partial charge in [-0.25, -0.2) is 14.8 Å². The number of fused-ring (bicyclic) bond motifs is 1. The van der Waals surface area contributed by atoms with E-state index in [0.29, 0.717) is 35.7 Å². The molecular formula is C29H28F3N7O2. The SMILES string of the molecule is COc1ccc2ncc(C#Cc3ccnc(NC(=O)Nc4ccc(CN5CCN(C)CC5)c(C(F)(F)F)c4)c3)n2c1. The number of nitrogens with zero attached hydrogens (tertiary/aromatic N) is 5. The van der Waals surface area contributed by atoms with Gasteiger partial charge in [-0.2, -0.15) is 13.2 Å². The second kappa shape index (κ2) is 11.9. The number of hydrogen-bond acceptors (Lipinski definition) is 6. The zero-order valence-corrected chi connectivity index (χ0v) is 22.5. The molecule has 2 amide bonds. The molecule has 0 spiro atoms. The summed E-state index contributed by atoms with van der Waals surface area (Å²) in [5, 5.41) is 5.03. The Morgan fingerprint density at radius 2 is 1.83 bits per heavy atom. The first-order valence-electron chi connectivity index (χ1n) is 12.9. The summed E-state index contributed by atoms with van der Waals surface area (Å²) in [5.41, 5.74) is 1.35. The summed E-state index contributed by atoms with van der Waals surface area (Å²) in [6.45, 7) is 3.19. The van der Waals surface area contributed by atoms with E-state index in [1.807, 2.05) is 18.0 Å². The van der Waals surface area contributed by atoms with Crippen molar-refractivity contribution in [2.75, 3.05) is 51.0 Å². The molecule has 1 aliphatic rings. The Morgan fingerprint density at radius 1 is 1.02 bits per heavy atom. The summed E-state index contributed by atoms with van der Waals surface area (Å²) >= 11 is 0. The first-order chi connectivity index (χ1) is 19.7. The summed E-state index contributed by atoms with van der Waals surface area (Å²) in [7, 11) is 3.56. The molecule has 1 aliphatic heterocycles. The van der Waals surface area contributed by atoms with E-state index in [9.17, 15) is 18.0 Å². The number of aromatic nitrogens is 3. The van der Waals surface area contributed by atoms with E-state index >= 15 is 0 Å². The van der Waals surface area contributed by atoms with Gasteiger partial charge in [-0.05, 0) is 54.9 Å². The normalized spacial score (nSPS) is 14.4. The number of alkyl halides is 3. The number of anilines is 2. The Kier molecular flexibility index (Phi) is 8.09. The molecule has 0 radical (unpaired) electrons. The van der Waals surface area contributed by atoms with Gasteiger partial charge in [0, 0.05) is 50.2 Å². The lowest BCUT2D eigenvalue weighted by atomic mass is 10.0. The highest BCUT2D eigenvalue weighted by molar-refractivity contribution is 5.99. The second-order valence-electron chi connectivity index (χ2n) is 9.65. The van der Waals surface area contributed by atoms with Gasteiger partial charge in [0.2, 0.25) is 0 Å². The summed E-state index contributed by atoms with van der Waals surface area (Å²) in [6, 6.07) is 9.99. The quantitative estimate of drug-likeness (QED) is 0.347. The number of amides is 2. The van der Waals surface area contributed by atoms with Crippen molar-refractivity contribution in [1.82, 2.24) is 24.2 Å². The number of carbonyl (C=O) groups excluding carboxylic acids is 1. The van der Waals surface area contributed by atoms with Gasteiger partial charge in [-0.3, -0.25) is 14.6 Å². The predicted molar refractivity (Wildman–Crippen MR) is 149 cm³/mol. The molecule has 212 valence electrons. The van der Waals surface area contributed by atoms with Crippen LogP contribution in [0.3, 0.4) is 0 Å². The van der Waals surface area contributed by atoms with Crippen molar-refractivity contribution in [1.29, 1.82) is 0 Å². The van der Waals surface area contributed by atoms with Crippen molar-refractivity contribution in [2.24, 2.45) is 0 Å². The lowest BCUT2D eigenvalue weighted by Gasteiger charge is -2.33. The number of benzene rings is 1. The number of methoxy groups -OCH3 is 1. The van der Waals surface area contributed by atoms with Crippen LogP contribution in [0, 0.1) is 11.8 Å². The number of ether oxygens (including phenoxy) is 1. The summed E-state index contributed by atoms with van der Waals surface area (Å²) in [6.07, 6.45) is 0.337. The van der Waals surface area contributed by atoms with E-state index < -0.39 is 17.8 Å². The molecule has 9 nitrogen and oxygen atoms in total. The Bertz CT molecular complexity index is 1620. The third kappa shape index (κ3) is 6.95. The van der Waals surface area contributed by atoms with Crippen molar-refractivity contribution in [2.45, 2.75) is 12.7 Å². The van der Waals surface area contributed by atoms with Gasteiger partial charge in [0.15, 0.2) is 0 Å². The summed E-state index contributed by atoms with van der Waals surface area (Å²) in [5.74, 6) is 6.90. The average molecular weight is 564 g/mol. The van der Waals surface area contributed by atoms with Crippen molar-refractivity contribution in [3.8, 4) is 17.6 Å². The number of imidazole rings is 1. The standard InChI is InChI=1S/C29H28F3N7O2/c1-37-11-13-38(14-12-37)18-21-4-5-22(16-25(21)29(30,31)32)35-28(40)36-26-15-20(9-10-33-26)3-6-23-17-34-27-8-7-24(41-2)19-39(23)27/h4-5,7-10,15-17,19H,11-14,18H2,1-2H3,(H2,33,35,36,40). The first kappa shape index (κ1) is 27.9. The molecule has 3 aromatic heterocycles. The van der Waals surface area contributed by atoms with Gasteiger partial charge in [0.05, 0.1) is 25.1 Å². The van der Waals surface area contributed by atoms with E-state index in [4.69, 9.17) is 4.74 Å². The van der Waals surface area contributed by atoms with Crippen LogP contribution in [0.5, 0.6) is 5.75 Å². The van der Waals surface area contributed by atoms with Crippen molar-refractivity contribution in [3.63, 3.8) is 0 Å². The van der Waals surface area contributed by atoms with Crippen LogP contribution in [-0.2, 0) is 12.7 Å². The molecule has 5 rings (SSSR count). The lowest BCUT2D eigenvalue weighted by molar-refractivity contribution is -0.138. The number of piperazine rings is 1. The van der Waals surface area contributed by atoms with Crippen LogP contribution >= 0.6 is 0 Å². The maximum Gasteiger partial charge on any atom is 0.416 e. The fourth-order valence-electron chi connectivity index (χ4n) is 4.47. The molecule has 41 heavy (non-hydrogen) atoms. The molecule has 1 saturated heterocycles. The highest BCUT2D eigenvalue weighted by atomic mass is 19.4. The predicted octanol–water partition coefficient (Wildman–Crippen LogP) is 4.55. The molecule has 0 bridgehead atoms. The van der Waals surface area contributed by atoms with E-state index in [0.717, 1.165) is 19.2 Å². The van der Waals surface area contributed by atoms with Crippen LogP contribution < -0.4 is 15.4 Å². The largest absolute Gasteiger partial charge is 0.495 e. The minimum absolute atomic E-state index is 0.0240. The molecular weight excluding hydrogens is 535 g/mol. The molecule has 0 atom stereocenters. The highest BCUT2D eigenvalue weighted by Crippen LogP contribution is 2.34. The van der Waals surface area contributed by atoms with Crippen LogP contribution in [0.25, 0.3) is 5.65 Å². The molecule has 2 N–H and O–H groups in total. The number of pyridine rings is 2. The zero-order chi connectivity index (χ0) is 29.0. The minimum Gasteiger partial charge on any atom is -0.495 e. The van der Waals surface area contributed by atoms with Gasteiger partial charge in [0.25, 0.3) is 0 Å². The second-order valence-corrected chi connectivity index (χ2v) is 9.65. The maximum atomic E-state index is 13.9. The molecule has 0 unspecified atom stereocenters. The van der Waals surface area contributed by atoms with Crippen LogP contribution in [-0.4, -0.2) is 70.5 Å². The van der Waals surface area contributed by atoms with E-state index in [2.05, 4.69) is 37.3 Å². The van der Waals surface area contributed by atoms with Gasteiger partial charge >= 0.3 is 12.2 Å². The number of nitrogens with one attached hydrogen (secondary N) is 2. The lowest BCUT2D eigenvalue weighted by Crippen LogP contribution is -2.44. The maximum absolute atomic E-state index is 13.9.